The highest BCUT2D eigenvalue weighted by Gasteiger charge is 2.31. The van der Waals surface area contributed by atoms with E-state index in [2.05, 4.69) is 0 Å². The summed E-state index contributed by atoms with van der Waals surface area (Å²) in [5.41, 5.74) is 15.0. The Morgan fingerprint density at radius 1 is 1.10 bits per heavy atom. The third-order valence-corrected chi connectivity index (χ3v) is 2.66. The van der Waals surface area contributed by atoms with Crippen molar-refractivity contribution in [2.24, 2.45) is 17.2 Å². The SMILES string of the molecule is NCc1cc(C(F)(F)F)ccc1N(CC(N)=O)CC(N)=O. The van der Waals surface area contributed by atoms with Crippen molar-refractivity contribution in [3.8, 4) is 0 Å². The van der Waals surface area contributed by atoms with Gasteiger partial charge in [0, 0.05) is 12.2 Å². The minimum absolute atomic E-state index is 0.132. The minimum atomic E-state index is -4.51. The largest absolute Gasteiger partial charge is 0.416 e. The lowest BCUT2D eigenvalue weighted by molar-refractivity contribution is -0.137. The quantitative estimate of drug-likeness (QED) is 0.683. The van der Waals surface area contributed by atoms with Crippen LogP contribution in [0.5, 0.6) is 0 Å². The van der Waals surface area contributed by atoms with Gasteiger partial charge in [-0.15, -0.1) is 0 Å². The first kappa shape index (κ1) is 16.8. The normalized spacial score (nSPS) is 11.2. The number of primary amides is 2. The van der Waals surface area contributed by atoms with E-state index in [0.717, 1.165) is 18.2 Å². The van der Waals surface area contributed by atoms with Crippen molar-refractivity contribution in [2.75, 3.05) is 18.0 Å². The predicted molar refractivity (Wildman–Crippen MR) is 69.9 cm³/mol. The highest BCUT2D eigenvalue weighted by molar-refractivity contribution is 5.85. The Balaban J connectivity index is 3.24. The molecule has 1 aromatic rings. The van der Waals surface area contributed by atoms with Crippen molar-refractivity contribution in [3.05, 3.63) is 29.3 Å². The van der Waals surface area contributed by atoms with Gasteiger partial charge in [0.05, 0.1) is 18.7 Å². The lowest BCUT2D eigenvalue weighted by atomic mass is 10.1. The summed E-state index contributed by atoms with van der Waals surface area (Å²) in [5.74, 6) is -1.50. The van der Waals surface area contributed by atoms with Gasteiger partial charge in [-0.3, -0.25) is 9.59 Å². The van der Waals surface area contributed by atoms with Crippen LogP contribution in [0.25, 0.3) is 0 Å². The molecule has 1 aromatic carbocycles. The maximum Gasteiger partial charge on any atom is 0.416 e. The van der Waals surface area contributed by atoms with Crippen molar-refractivity contribution in [1.82, 2.24) is 0 Å². The molecular weight excluding hydrogens is 289 g/mol. The summed E-state index contributed by atoms with van der Waals surface area (Å²) in [6.45, 7) is -0.921. The summed E-state index contributed by atoms with van der Waals surface area (Å²) in [6.07, 6.45) is -4.51. The monoisotopic (exact) mass is 304 g/mol. The second kappa shape index (κ2) is 6.44. The molecule has 116 valence electrons. The fourth-order valence-corrected chi connectivity index (χ4v) is 1.84. The van der Waals surface area contributed by atoms with Crippen LogP contribution in [0.15, 0.2) is 18.2 Å². The van der Waals surface area contributed by atoms with Gasteiger partial charge in [0.1, 0.15) is 0 Å². The van der Waals surface area contributed by atoms with Gasteiger partial charge in [-0.1, -0.05) is 0 Å². The third-order valence-electron chi connectivity index (χ3n) is 2.66. The van der Waals surface area contributed by atoms with Crippen molar-refractivity contribution in [2.45, 2.75) is 12.7 Å². The molecule has 2 amide bonds. The van der Waals surface area contributed by atoms with E-state index in [1.54, 1.807) is 0 Å². The molecule has 21 heavy (non-hydrogen) atoms. The van der Waals surface area contributed by atoms with Crippen molar-refractivity contribution in [1.29, 1.82) is 0 Å². The number of hydrogen-bond donors (Lipinski definition) is 3. The molecule has 9 heteroatoms. The van der Waals surface area contributed by atoms with E-state index >= 15 is 0 Å². The molecule has 0 atom stereocenters. The molecule has 1 rings (SSSR count). The molecule has 0 fully saturated rings. The molecule has 0 spiro atoms. The molecule has 0 saturated heterocycles. The summed E-state index contributed by atoms with van der Waals surface area (Å²) in [5, 5.41) is 0. The van der Waals surface area contributed by atoms with Gasteiger partial charge in [0.2, 0.25) is 11.8 Å². The number of halogens is 3. The number of nitrogens with two attached hydrogens (primary N) is 3. The van der Waals surface area contributed by atoms with Crippen LogP contribution in [0.1, 0.15) is 11.1 Å². The topological polar surface area (TPSA) is 115 Å². The third kappa shape index (κ3) is 4.63. The van der Waals surface area contributed by atoms with E-state index in [1.165, 1.54) is 4.90 Å². The molecule has 0 saturated carbocycles. The molecule has 0 bridgehead atoms. The molecule has 0 aliphatic carbocycles. The summed E-state index contributed by atoms with van der Waals surface area (Å²) in [7, 11) is 0. The first-order valence-corrected chi connectivity index (χ1v) is 5.87. The van der Waals surface area contributed by atoms with Crippen LogP contribution in [-0.2, 0) is 22.3 Å². The number of carbonyl (C=O) groups is 2. The molecule has 0 unspecified atom stereocenters. The second-order valence-corrected chi connectivity index (χ2v) is 4.33. The van der Waals surface area contributed by atoms with Crippen molar-refractivity contribution in [3.63, 3.8) is 0 Å². The molecule has 0 heterocycles. The number of rotatable bonds is 6. The van der Waals surface area contributed by atoms with Gasteiger partial charge in [-0.25, -0.2) is 0 Å². The Kier molecular flexibility index (Phi) is 5.14. The van der Waals surface area contributed by atoms with Gasteiger partial charge < -0.3 is 22.1 Å². The van der Waals surface area contributed by atoms with E-state index < -0.39 is 23.6 Å². The first-order chi connectivity index (χ1) is 9.65. The number of anilines is 1. The van der Waals surface area contributed by atoms with E-state index in [1.807, 2.05) is 0 Å². The van der Waals surface area contributed by atoms with Gasteiger partial charge >= 0.3 is 6.18 Å². The standard InChI is InChI=1S/C12H15F3N4O2/c13-12(14,15)8-1-2-9(7(3-8)4-16)19(5-10(17)20)6-11(18)21/h1-3H,4-6,16H2,(H2,17,20)(H2,18,21). The van der Waals surface area contributed by atoms with Crippen molar-refractivity contribution < 1.29 is 22.8 Å². The van der Waals surface area contributed by atoms with Crippen LogP contribution >= 0.6 is 0 Å². The maximum atomic E-state index is 12.7. The summed E-state index contributed by atoms with van der Waals surface area (Å²) < 4.78 is 38.0. The van der Waals surface area contributed by atoms with E-state index in [4.69, 9.17) is 17.2 Å². The highest BCUT2D eigenvalue weighted by atomic mass is 19.4. The fraction of sp³-hybridized carbons (Fsp3) is 0.333. The Morgan fingerprint density at radius 3 is 2.00 bits per heavy atom. The van der Waals surface area contributed by atoms with Gasteiger partial charge in [-0.05, 0) is 23.8 Å². The zero-order valence-electron chi connectivity index (χ0n) is 11.0. The number of alkyl halides is 3. The molecule has 0 aromatic heterocycles. The zero-order valence-corrected chi connectivity index (χ0v) is 11.0. The number of nitrogens with zero attached hydrogens (tertiary/aromatic N) is 1. The van der Waals surface area contributed by atoms with Crippen LogP contribution in [0.4, 0.5) is 18.9 Å². The van der Waals surface area contributed by atoms with Gasteiger partial charge in [0.15, 0.2) is 0 Å². The van der Waals surface area contributed by atoms with E-state index in [0.29, 0.717) is 0 Å². The van der Waals surface area contributed by atoms with E-state index in [-0.39, 0.29) is 30.9 Å². The average Bonchev–Trinajstić information content (AvgIpc) is 2.35. The summed E-state index contributed by atoms with van der Waals surface area (Å²) in [6, 6.07) is 2.84. The van der Waals surface area contributed by atoms with Crippen LogP contribution in [0.2, 0.25) is 0 Å². The summed E-state index contributed by atoms with van der Waals surface area (Å²) in [4.78, 5) is 23.2. The van der Waals surface area contributed by atoms with Crippen LogP contribution in [0.3, 0.4) is 0 Å². The molecule has 0 aliphatic rings. The summed E-state index contributed by atoms with van der Waals surface area (Å²) >= 11 is 0. The van der Waals surface area contributed by atoms with Crippen molar-refractivity contribution >= 4 is 17.5 Å². The lowest BCUT2D eigenvalue weighted by Crippen LogP contribution is -2.40. The Morgan fingerprint density at radius 2 is 1.62 bits per heavy atom. The molecule has 0 aliphatic heterocycles. The number of amides is 2. The molecular formula is C12H15F3N4O2. The number of hydrogen-bond acceptors (Lipinski definition) is 4. The lowest BCUT2D eigenvalue weighted by Gasteiger charge is -2.25. The van der Waals surface area contributed by atoms with Crippen LogP contribution in [0, 0.1) is 0 Å². The first-order valence-electron chi connectivity index (χ1n) is 5.87. The molecule has 6 N–H and O–H groups in total. The van der Waals surface area contributed by atoms with Crippen LogP contribution in [-0.4, -0.2) is 24.9 Å². The second-order valence-electron chi connectivity index (χ2n) is 4.33. The Labute approximate surface area is 118 Å². The predicted octanol–water partition coefficient (Wildman–Crippen LogP) is -0.0589. The maximum absolute atomic E-state index is 12.7. The van der Waals surface area contributed by atoms with Crippen LogP contribution < -0.4 is 22.1 Å². The molecule has 6 nitrogen and oxygen atoms in total. The smallest absolute Gasteiger partial charge is 0.368 e. The highest BCUT2D eigenvalue weighted by Crippen LogP contribution is 2.32. The van der Waals surface area contributed by atoms with Gasteiger partial charge in [0.25, 0.3) is 0 Å². The number of benzene rings is 1. The van der Waals surface area contributed by atoms with E-state index in [9.17, 15) is 22.8 Å². The zero-order chi connectivity index (χ0) is 16.2. The number of carbonyl (C=O) groups excluding carboxylic acids is 2. The average molecular weight is 304 g/mol. The Hall–Kier alpha value is -2.29. The molecule has 0 radical (unpaired) electrons. The van der Waals surface area contributed by atoms with Gasteiger partial charge in [-0.2, -0.15) is 13.2 Å². The fourth-order valence-electron chi connectivity index (χ4n) is 1.84. The Bertz CT molecular complexity index is 530. The minimum Gasteiger partial charge on any atom is -0.368 e.